The first kappa shape index (κ1) is 19.8. The third-order valence-electron chi connectivity index (χ3n) is 5.47. The average molecular weight is 410 g/mol. The van der Waals surface area contributed by atoms with Crippen molar-refractivity contribution in [2.45, 2.75) is 18.8 Å². The molecule has 4 rings (SSSR count). The van der Waals surface area contributed by atoms with E-state index in [1.54, 1.807) is 17.2 Å². The van der Waals surface area contributed by atoms with E-state index >= 15 is 0 Å². The minimum absolute atomic E-state index is 0.122. The predicted molar refractivity (Wildman–Crippen MR) is 108 cm³/mol. The number of benzene rings is 2. The molecule has 1 aliphatic heterocycles. The van der Waals surface area contributed by atoms with Gasteiger partial charge in [-0.3, -0.25) is 9.59 Å². The lowest BCUT2D eigenvalue weighted by molar-refractivity contribution is 0.0712. The molecular weight excluding hydrogens is 390 g/mol. The summed E-state index contributed by atoms with van der Waals surface area (Å²) in [6, 6.07) is 10.6. The van der Waals surface area contributed by atoms with Gasteiger partial charge < -0.3 is 15.0 Å². The standard InChI is InChI=1S/C23H20F2N2O3/c24-18-1-2-21(28)20(13-18)16-9-17(11-19(25)10-16)23(30)27-7-4-14(5-8-27)15-3-6-26-22(29)12-15/h1-3,6,9-14,28H,4-5,7-8H2,(H,26,29). The maximum Gasteiger partial charge on any atom is 0.253 e. The first-order valence-corrected chi connectivity index (χ1v) is 9.68. The predicted octanol–water partition coefficient (Wildman–Crippen LogP) is 4.05. The van der Waals surface area contributed by atoms with E-state index in [1.165, 1.54) is 12.1 Å². The molecule has 3 aromatic rings. The van der Waals surface area contributed by atoms with Gasteiger partial charge in [0.05, 0.1) is 0 Å². The van der Waals surface area contributed by atoms with Gasteiger partial charge >= 0.3 is 0 Å². The maximum atomic E-state index is 14.2. The van der Waals surface area contributed by atoms with E-state index < -0.39 is 11.6 Å². The smallest absolute Gasteiger partial charge is 0.253 e. The van der Waals surface area contributed by atoms with Crippen LogP contribution >= 0.6 is 0 Å². The average Bonchev–Trinajstić information content (AvgIpc) is 2.74. The second kappa shape index (κ2) is 8.10. The first-order chi connectivity index (χ1) is 14.4. The summed E-state index contributed by atoms with van der Waals surface area (Å²) in [5.41, 5.74) is 1.29. The third kappa shape index (κ3) is 4.10. The molecule has 30 heavy (non-hydrogen) atoms. The van der Waals surface area contributed by atoms with E-state index in [-0.39, 0.29) is 39.8 Å². The molecule has 0 saturated carbocycles. The van der Waals surface area contributed by atoms with Crippen LogP contribution in [0.4, 0.5) is 8.78 Å². The second-order valence-electron chi connectivity index (χ2n) is 7.44. The Morgan fingerprint density at radius 2 is 1.77 bits per heavy atom. The number of carbonyl (C=O) groups is 1. The van der Waals surface area contributed by atoms with Crippen molar-refractivity contribution in [3.63, 3.8) is 0 Å². The highest BCUT2D eigenvalue weighted by atomic mass is 19.1. The number of halogens is 2. The number of nitrogens with zero attached hydrogens (tertiary/aromatic N) is 1. The Balaban J connectivity index is 1.53. The largest absolute Gasteiger partial charge is 0.507 e. The van der Waals surface area contributed by atoms with Crippen LogP contribution in [0.2, 0.25) is 0 Å². The summed E-state index contributed by atoms with van der Waals surface area (Å²) in [7, 11) is 0. The van der Waals surface area contributed by atoms with Crippen LogP contribution in [0, 0.1) is 11.6 Å². The van der Waals surface area contributed by atoms with Crippen molar-refractivity contribution < 1.29 is 18.7 Å². The molecule has 1 amide bonds. The summed E-state index contributed by atoms with van der Waals surface area (Å²) < 4.78 is 27.8. The summed E-state index contributed by atoms with van der Waals surface area (Å²) in [5, 5.41) is 10.0. The summed E-state index contributed by atoms with van der Waals surface area (Å²) in [6.45, 7) is 0.959. The molecule has 5 nitrogen and oxygen atoms in total. The fraction of sp³-hybridized carbons (Fsp3) is 0.217. The number of aromatic nitrogens is 1. The molecule has 1 fully saturated rings. The number of aromatic hydroxyl groups is 1. The van der Waals surface area contributed by atoms with E-state index in [1.807, 2.05) is 6.07 Å². The van der Waals surface area contributed by atoms with E-state index in [2.05, 4.69) is 4.98 Å². The molecule has 1 aromatic heterocycles. The Hall–Kier alpha value is -3.48. The van der Waals surface area contributed by atoms with E-state index in [4.69, 9.17) is 0 Å². The lowest BCUT2D eigenvalue weighted by Gasteiger charge is -2.32. The number of phenolic OH excluding ortho intramolecular Hbond substituents is 1. The number of nitrogens with one attached hydrogen (secondary N) is 1. The number of hydrogen-bond donors (Lipinski definition) is 2. The topological polar surface area (TPSA) is 73.4 Å². The van der Waals surface area contributed by atoms with Crippen molar-refractivity contribution >= 4 is 5.91 Å². The number of hydrogen-bond acceptors (Lipinski definition) is 3. The van der Waals surface area contributed by atoms with Crippen LogP contribution in [0.25, 0.3) is 11.1 Å². The Morgan fingerprint density at radius 3 is 2.50 bits per heavy atom. The van der Waals surface area contributed by atoms with Crippen molar-refractivity contribution in [1.29, 1.82) is 0 Å². The fourth-order valence-electron chi connectivity index (χ4n) is 3.92. The molecule has 2 N–H and O–H groups in total. The van der Waals surface area contributed by atoms with Crippen molar-refractivity contribution in [3.05, 3.63) is 87.8 Å². The summed E-state index contributed by atoms with van der Waals surface area (Å²) in [6.07, 6.45) is 3.01. The molecule has 1 saturated heterocycles. The number of pyridine rings is 1. The Labute approximate surface area is 171 Å². The van der Waals surface area contributed by atoms with Gasteiger partial charge in [0, 0.05) is 36.5 Å². The van der Waals surface area contributed by atoms with E-state index in [0.717, 1.165) is 29.8 Å². The lowest BCUT2D eigenvalue weighted by atomic mass is 9.89. The molecule has 1 aliphatic rings. The van der Waals surface area contributed by atoms with Gasteiger partial charge in [-0.1, -0.05) is 0 Å². The number of aromatic amines is 1. The highest BCUT2D eigenvalue weighted by Crippen LogP contribution is 2.32. The number of likely N-dealkylation sites (tertiary alicyclic amines) is 1. The van der Waals surface area contributed by atoms with Gasteiger partial charge in [-0.25, -0.2) is 8.78 Å². The van der Waals surface area contributed by atoms with E-state index in [9.17, 15) is 23.5 Å². The van der Waals surface area contributed by atoms with Gasteiger partial charge in [0.2, 0.25) is 5.56 Å². The molecule has 0 radical (unpaired) electrons. The first-order valence-electron chi connectivity index (χ1n) is 9.68. The highest BCUT2D eigenvalue weighted by molar-refractivity contribution is 5.95. The summed E-state index contributed by atoms with van der Waals surface area (Å²) in [5.74, 6) is -1.54. The summed E-state index contributed by atoms with van der Waals surface area (Å²) in [4.78, 5) is 28.7. The lowest BCUT2D eigenvalue weighted by Crippen LogP contribution is -2.38. The van der Waals surface area contributed by atoms with Crippen LogP contribution in [0.3, 0.4) is 0 Å². The Morgan fingerprint density at radius 1 is 1.00 bits per heavy atom. The minimum Gasteiger partial charge on any atom is -0.507 e. The Kier molecular flexibility index (Phi) is 5.35. The number of amides is 1. The van der Waals surface area contributed by atoms with E-state index in [0.29, 0.717) is 25.9 Å². The highest BCUT2D eigenvalue weighted by Gasteiger charge is 2.25. The van der Waals surface area contributed by atoms with Gasteiger partial charge in [0.1, 0.15) is 17.4 Å². The number of piperidine rings is 1. The fourth-order valence-corrected chi connectivity index (χ4v) is 3.92. The molecule has 2 aromatic carbocycles. The van der Waals surface area contributed by atoms with Crippen LogP contribution < -0.4 is 5.56 Å². The van der Waals surface area contributed by atoms with Crippen LogP contribution in [0.5, 0.6) is 5.75 Å². The molecule has 154 valence electrons. The third-order valence-corrected chi connectivity index (χ3v) is 5.47. The molecule has 0 unspecified atom stereocenters. The number of H-pyrrole nitrogens is 1. The van der Waals surface area contributed by atoms with Gasteiger partial charge in [0.25, 0.3) is 5.91 Å². The second-order valence-corrected chi connectivity index (χ2v) is 7.44. The number of rotatable bonds is 3. The SMILES string of the molecule is O=C(c1cc(F)cc(-c2cc(F)ccc2O)c1)N1CCC(c2cc[nH]c(=O)c2)CC1. The quantitative estimate of drug-likeness (QED) is 0.684. The van der Waals surface area contributed by atoms with Crippen molar-refractivity contribution in [2.24, 2.45) is 0 Å². The monoisotopic (exact) mass is 410 g/mol. The number of carbonyl (C=O) groups excluding carboxylic acids is 1. The van der Waals surface area contributed by atoms with Crippen molar-refractivity contribution in [1.82, 2.24) is 9.88 Å². The van der Waals surface area contributed by atoms with Gasteiger partial charge in [-0.05, 0) is 72.4 Å². The van der Waals surface area contributed by atoms with Crippen LogP contribution in [-0.4, -0.2) is 34.0 Å². The van der Waals surface area contributed by atoms with Crippen molar-refractivity contribution in [2.75, 3.05) is 13.1 Å². The zero-order valence-electron chi connectivity index (χ0n) is 16.1. The molecule has 0 spiro atoms. The van der Waals surface area contributed by atoms with Gasteiger partial charge in [0.15, 0.2) is 0 Å². The Bertz CT molecular complexity index is 1150. The molecule has 0 atom stereocenters. The molecule has 2 heterocycles. The summed E-state index contributed by atoms with van der Waals surface area (Å²) >= 11 is 0. The molecule has 7 heteroatoms. The van der Waals surface area contributed by atoms with Crippen LogP contribution in [0.1, 0.15) is 34.7 Å². The zero-order chi connectivity index (χ0) is 21.3. The number of phenols is 1. The van der Waals surface area contributed by atoms with Gasteiger partial charge in [-0.2, -0.15) is 0 Å². The van der Waals surface area contributed by atoms with Crippen molar-refractivity contribution in [3.8, 4) is 16.9 Å². The van der Waals surface area contributed by atoms with Crippen LogP contribution in [-0.2, 0) is 0 Å². The minimum atomic E-state index is -0.641. The molecule has 0 bridgehead atoms. The van der Waals surface area contributed by atoms with Gasteiger partial charge in [-0.15, -0.1) is 0 Å². The zero-order valence-corrected chi connectivity index (χ0v) is 16.1. The van der Waals surface area contributed by atoms with Crippen LogP contribution in [0.15, 0.2) is 59.5 Å². The molecular formula is C23H20F2N2O3. The normalized spacial score (nSPS) is 14.7. The molecule has 0 aliphatic carbocycles. The maximum absolute atomic E-state index is 14.2.